The number of amides is 2. The summed E-state index contributed by atoms with van der Waals surface area (Å²) in [5.74, 6) is 0. The van der Waals surface area contributed by atoms with E-state index >= 15 is 0 Å². The summed E-state index contributed by atoms with van der Waals surface area (Å²) in [6, 6.07) is -0.833. The van der Waals surface area contributed by atoms with Gasteiger partial charge in [0.2, 0.25) is 0 Å². The Balaban J connectivity index is 0. The molecule has 7 nitrogen and oxygen atoms in total. The first-order valence-electron chi connectivity index (χ1n) is 1.68. The highest BCUT2D eigenvalue weighted by Crippen LogP contribution is 1.67. The maximum Gasteiger partial charge on any atom is 0.668 e. The first-order valence-corrected chi connectivity index (χ1v) is 3.46. The zero-order chi connectivity index (χ0) is 8.08. The van der Waals surface area contributed by atoms with Gasteiger partial charge in [-0.05, 0) is 0 Å². The lowest BCUT2D eigenvalue weighted by molar-refractivity contribution is 0.117. The van der Waals surface area contributed by atoms with Gasteiger partial charge in [-0.1, -0.05) is 0 Å². The lowest BCUT2D eigenvalue weighted by Crippen LogP contribution is -2.33. The van der Waals surface area contributed by atoms with Gasteiger partial charge in [-0.15, -0.1) is 0 Å². The summed E-state index contributed by atoms with van der Waals surface area (Å²) >= 11 is 0. The Kier molecular flexibility index (Phi) is 5.25. The quantitative estimate of drug-likeness (QED) is 0.200. The number of carbonyl (C=O) groups excluding carboxylic acids is 1. The topological polar surface area (TPSA) is 150 Å². The van der Waals surface area contributed by atoms with Crippen LogP contribution in [0.2, 0.25) is 0 Å². The molecule has 56 valence electrons. The molecule has 0 heterocycles. The van der Waals surface area contributed by atoms with Gasteiger partial charge < -0.3 is 30.7 Å². The second-order valence-corrected chi connectivity index (χ2v) is 2.20. The van der Waals surface area contributed by atoms with Crippen molar-refractivity contribution in [2.24, 2.45) is 11.5 Å². The molecule has 0 aliphatic rings. The van der Waals surface area contributed by atoms with E-state index < -0.39 is 15.1 Å². The van der Waals surface area contributed by atoms with Gasteiger partial charge in [0.1, 0.15) is 0 Å². The molecule has 0 aromatic carbocycles. The molecule has 9 heavy (non-hydrogen) atoms. The molecule has 0 radical (unpaired) electrons. The molecule has 0 aromatic heterocycles. The molecular formula is CH8N2O5Si. The molecule has 0 aromatic rings. The molecule has 0 aliphatic heterocycles. The maximum atomic E-state index is 9.00. The monoisotopic (exact) mass is 156 g/mol. The molecule has 0 spiro atoms. The fraction of sp³-hybridized carbons (Fsp3) is 0. The molecule has 8 N–H and O–H groups in total. The molecule has 0 fully saturated rings. The first kappa shape index (κ1) is 11.2. The van der Waals surface area contributed by atoms with E-state index in [2.05, 4.69) is 11.5 Å². The average molecular weight is 156 g/mol. The minimum atomic E-state index is -4.61. The largest absolute Gasteiger partial charge is 0.668 e. The number of primary amides is 2. The molecule has 0 atom stereocenters. The number of hydrogen-bond acceptors (Lipinski definition) is 5. The van der Waals surface area contributed by atoms with E-state index in [0.29, 0.717) is 0 Å². The molecular weight excluding hydrogens is 148 g/mol. The van der Waals surface area contributed by atoms with Crippen molar-refractivity contribution in [3.8, 4) is 0 Å². The van der Waals surface area contributed by atoms with E-state index in [1.807, 2.05) is 0 Å². The Morgan fingerprint density at radius 2 is 1.11 bits per heavy atom. The molecule has 0 saturated heterocycles. The highest BCUT2D eigenvalue weighted by atomic mass is 28.4. The number of carbonyl (C=O) groups is 1. The number of urea groups is 1. The van der Waals surface area contributed by atoms with Crippen LogP contribution in [-0.4, -0.2) is 34.3 Å². The van der Waals surface area contributed by atoms with Crippen molar-refractivity contribution in [2.75, 3.05) is 0 Å². The summed E-state index contributed by atoms with van der Waals surface area (Å²) in [6.45, 7) is 0. The zero-order valence-corrected chi connectivity index (χ0v) is 5.35. The third kappa shape index (κ3) is 459. The van der Waals surface area contributed by atoms with Crippen LogP contribution in [-0.2, 0) is 0 Å². The van der Waals surface area contributed by atoms with E-state index in [4.69, 9.17) is 24.0 Å². The van der Waals surface area contributed by atoms with Crippen LogP contribution >= 0.6 is 0 Å². The van der Waals surface area contributed by atoms with Gasteiger partial charge in [0.05, 0.1) is 0 Å². The Morgan fingerprint density at radius 1 is 1.11 bits per heavy atom. The third-order valence-corrected chi connectivity index (χ3v) is 0. The number of rotatable bonds is 0. The second-order valence-electron chi connectivity index (χ2n) is 1.00. The van der Waals surface area contributed by atoms with Crippen LogP contribution in [0.5, 0.6) is 0 Å². The van der Waals surface area contributed by atoms with Crippen molar-refractivity contribution in [3.63, 3.8) is 0 Å². The van der Waals surface area contributed by atoms with Crippen LogP contribution in [0.1, 0.15) is 0 Å². The van der Waals surface area contributed by atoms with Crippen molar-refractivity contribution in [1.29, 1.82) is 0 Å². The SMILES string of the molecule is NC(N)=O.O[Si](O)(O)O. The summed E-state index contributed by atoms with van der Waals surface area (Å²) in [5, 5.41) is 0. The minimum absolute atomic E-state index is 0.833. The van der Waals surface area contributed by atoms with Crippen LogP contribution in [0.15, 0.2) is 0 Å². The van der Waals surface area contributed by atoms with Crippen LogP contribution in [0.25, 0.3) is 0 Å². The Labute approximate surface area is 51.6 Å². The summed E-state index contributed by atoms with van der Waals surface area (Å²) in [7, 11) is -4.61. The van der Waals surface area contributed by atoms with Crippen molar-refractivity contribution in [1.82, 2.24) is 0 Å². The van der Waals surface area contributed by atoms with E-state index in [9.17, 15) is 0 Å². The predicted molar refractivity (Wildman–Crippen MR) is 28.4 cm³/mol. The Hall–Kier alpha value is -0.673. The summed E-state index contributed by atoms with van der Waals surface area (Å²) in [6.07, 6.45) is 0. The molecule has 2 amide bonds. The fourth-order valence-corrected chi connectivity index (χ4v) is 0. The predicted octanol–water partition coefficient (Wildman–Crippen LogP) is -3.58. The molecule has 0 bridgehead atoms. The van der Waals surface area contributed by atoms with Crippen molar-refractivity contribution in [3.05, 3.63) is 0 Å². The van der Waals surface area contributed by atoms with Gasteiger partial charge in [0.15, 0.2) is 0 Å². The molecule has 8 heteroatoms. The normalized spacial score (nSPS) is 9.33. The van der Waals surface area contributed by atoms with E-state index in [-0.39, 0.29) is 0 Å². The first-order chi connectivity index (χ1) is 3.73. The van der Waals surface area contributed by atoms with E-state index in [1.54, 1.807) is 0 Å². The van der Waals surface area contributed by atoms with Gasteiger partial charge in [0, 0.05) is 0 Å². The number of hydrogen-bond donors (Lipinski definition) is 6. The molecule has 0 saturated carbocycles. The van der Waals surface area contributed by atoms with Gasteiger partial charge in [0.25, 0.3) is 0 Å². The Bertz CT molecular complexity index is 77.4. The molecule has 0 unspecified atom stereocenters. The lowest BCUT2D eigenvalue weighted by Gasteiger charge is -1.91. The molecule has 0 aliphatic carbocycles. The van der Waals surface area contributed by atoms with Crippen LogP contribution in [0, 0.1) is 0 Å². The number of nitrogens with two attached hydrogens (primary N) is 2. The van der Waals surface area contributed by atoms with Crippen LogP contribution in [0.3, 0.4) is 0 Å². The van der Waals surface area contributed by atoms with Crippen molar-refractivity contribution in [2.45, 2.75) is 0 Å². The average Bonchev–Trinajstić information content (AvgIpc) is 1.19. The third-order valence-electron chi connectivity index (χ3n) is 0. The highest BCUT2D eigenvalue weighted by Gasteiger charge is 2.22. The van der Waals surface area contributed by atoms with Gasteiger partial charge in [-0.3, -0.25) is 0 Å². The van der Waals surface area contributed by atoms with Gasteiger partial charge in [-0.2, -0.15) is 0 Å². The zero-order valence-electron chi connectivity index (χ0n) is 4.35. The maximum absolute atomic E-state index is 9.00. The second kappa shape index (κ2) is 4.23. The van der Waals surface area contributed by atoms with Gasteiger partial charge >= 0.3 is 15.1 Å². The minimum Gasteiger partial charge on any atom is -0.368 e. The van der Waals surface area contributed by atoms with Crippen molar-refractivity contribution >= 4 is 15.1 Å². The summed E-state index contributed by atoms with van der Waals surface area (Å²) < 4.78 is 0. The Morgan fingerprint density at radius 3 is 1.11 bits per heavy atom. The molecule has 0 rings (SSSR count). The van der Waals surface area contributed by atoms with Crippen LogP contribution < -0.4 is 11.5 Å². The van der Waals surface area contributed by atoms with E-state index in [1.165, 1.54) is 0 Å². The smallest absolute Gasteiger partial charge is 0.368 e. The highest BCUT2D eigenvalue weighted by molar-refractivity contribution is 6.46. The van der Waals surface area contributed by atoms with Gasteiger partial charge in [-0.25, -0.2) is 4.79 Å². The summed E-state index contributed by atoms with van der Waals surface area (Å²) in [5.41, 5.74) is 8.50. The standard InChI is InChI=1S/CH4N2O.H4O4Si/c2-1(3)4;1-5(2,3)4/h(H4,2,3,4);1-4H. The lowest BCUT2D eigenvalue weighted by atomic mass is 11.2. The van der Waals surface area contributed by atoms with E-state index in [0.717, 1.165) is 0 Å². The van der Waals surface area contributed by atoms with Crippen LogP contribution in [0.4, 0.5) is 4.79 Å². The fourth-order valence-electron chi connectivity index (χ4n) is 0. The van der Waals surface area contributed by atoms with Crippen molar-refractivity contribution < 1.29 is 24.0 Å². The summed E-state index contributed by atoms with van der Waals surface area (Å²) in [4.78, 5) is 38.3.